The highest BCUT2D eigenvalue weighted by Crippen LogP contribution is 2.33. The van der Waals surface area contributed by atoms with Gasteiger partial charge in [-0.1, -0.05) is 17.4 Å². The quantitative estimate of drug-likeness (QED) is 0.709. The molecule has 3 heterocycles. The maximum atomic E-state index is 11.5. The largest absolute Gasteiger partial charge is 0.366 e. The van der Waals surface area contributed by atoms with Crippen molar-refractivity contribution in [3.8, 4) is 5.13 Å². The van der Waals surface area contributed by atoms with Gasteiger partial charge in [0, 0.05) is 38.8 Å². The molecular formula is C18H21N5OS. The van der Waals surface area contributed by atoms with Crippen LogP contribution in [0.5, 0.6) is 0 Å². The molecule has 0 bridgehead atoms. The van der Waals surface area contributed by atoms with Crippen molar-refractivity contribution in [2.45, 2.75) is 20.8 Å². The van der Waals surface area contributed by atoms with E-state index in [1.54, 1.807) is 18.3 Å². The molecular weight excluding hydrogens is 334 g/mol. The summed E-state index contributed by atoms with van der Waals surface area (Å²) in [5, 5.41) is 5.45. The number of rotatable bonds is 2. The van der Waals surface area contributed by atoms with Crippen LogP contribution in [0.15, 0.2) is 24.3 Å². The lowest BCUT2D eigenvalue weighted by Gasteiger charge is -2.35. The number of carbonyl (C=O) groups is 1. The number of aryl methyl sites for hydroxylation is 2. The van der Waals surface area contributed by atoms with Crippen LogP contribution in [-0.2, 0) is 4.79 Å². The number of fused-ring (bicyclic) bond motifs is 1. The Kier molecular flexibility index (Phi) is 3.95. The lowest BCUT2D eigenvalue weighted by atomic mass is 10.2. The van der Waals surface area contributed by atoms with E-state index in [1.165, 1.54) is 0 Å². The second kappa shape index (κ2) is 6.15. The van der Waals surface area contributed by atoms with Crippen LogP contribution in [-0.4, -0.2) is 51.8 Å². The van der Waals surface area contributed by atoms with Crippen LogP contribution >= 0.6 is 11.3 Å². The van der Waals surface area contributed by atoms with E-state index >= 15 is 0 Å². The molecule has 2 aromatic heterocycles. The molecule has 0 N–H and O–H groups in total. The van der Waals surface area contributed by atoms with Gasteiger partial charge in [-0.3, -0.25) is 4.79 Å². The molecule has 25 heavy (non-hydrogen) atoms. The van der Waals surface area contributed by atoms with Gasteiger partial charge >= 0.3 is 0 Å². The SMILES string of the molecule is CC(=O)N1CCN(c2cccc3sc(-n4nc(C)cc4C)nc23)CC1. The summed E-state index contributed by atoms with van der Waals surface area (Å²) in [5.41, 5.74) is 4.25. The third-order valence-electron chi connectivity index (χ3n) is 4.64. The van der Waals surface area contributed by atoms with Gasteiger partial charge in [0.15, 0.2) is 0 Å². The van der Waals surface area contributed by atoms with E-state index in [0.29, 0.717) is 0 Å². The molecule has 1 aliphatic heterocycles. The molecule has 1 amide bonds. The molecule has 1 aromatic carbocycles. The number of amides is 1. The zero-order valence-electron chi connectivity index (χ0n) is 14.7. The van der Waals surface area contributed by atoms with E-state index in [0.717, 1.165) is 58.6 Å². The third-order valence-corrected chi connectivity index (χ3v) is 5.64. The molecule has 4 rings (SSSR count). The number of benzene rings is 1. The average Bonchev–Trinajstić information content (AvgIpc) is 3.17. The monoisotopic (exact) mass is 355 g/mol. The first-order chi connectivity index (χ1) is 12.0. The number of thiazole rings is 1. The van der Waals surface area contributed by atoms with Crippen LogP contribution in [0.3, 0.4) is 0 Å². The highest BCUT2D eigenvalue weighted by atomic mass is 32.1. The predicted molar refractivity (Wildman–Crippen MR) is 101 cm³/mol. The molecule has 1 aliphatic rings. The van der Waals surface area contributed by atoms with Crippen molar-refractivity contribution in [2.24, 2.45) is 0 Å². The Morgan fingerprint density at radius 2 is 1.92 bits per heavy atom. The summed E-state index contributed by atoms with van der Waals surface area (Å²) >= 11 is 1.66. The molecule has 0 radical (unpaired) electrons. The Labute approximate surface area is 150 Å². The van der Waals surface area contributed by atoms with Gasteiger partial charge in [0.25, 0.3) is 0 Å². The van der Waals surface area contributed by atoms with Gasteiger partial charge in [0.2, 0.25) is 11.0 Å². The van der Waals surface area contributed by atoms with Crippen molar-refractivity contribution in [1.82, 2.24) is 19.7 Å². The highest BCUT2D eigenvalue weighted by Gasteiger charge is 2.21. The topological polar surface area (TPSA) is 54.3 Å². The molecule has 0 saturated carbocycles. The summed E-state index contributed by atoms with van der Waals surface area (Å²) in [5.74, 6) is 0.151. The van der Waals surface area contributed by atoms with E-state index in [4.69, 9.17) is 4.98 Å². The number of piperazine rings is 1. The number of anilines is 1. The average molecular weight is 355 g/mol. The van der Waals surface area contributed by atoms with Crippen molar-refractivity contribution in [1.29, 1.82) is 0 Å². The van der Waals surface area contributed by atoms with Gasteiger partial charge in [-0.05, 0) is 32.0 Å². The van der Waals surface area contributed by atoms with Gasteiger partial charge < -0.3 is 9.80 Å². The van der Waals surface area contributed by atoms with Gasteiger partial charge in [-0.2, -0.15) is 5.10 Å². The Hall–Kier alpha value is -2.41. The minimum absolute atomic E-state index is 0.151. The van der Waals surface area contributed by atoms with Crippen LogP contribution in [0.2, 0.25) is 0 Å². The van der Waals surface area contributed by atoms with Crippen molar-refractivity contribution in [3.05, 3.63) is 35.7 Å². The summed E-state index contributed by atoms with van der Waals surface area (Å²) in [6.07, 6.45) is 0. The van der Waals surface area contributed by atoms with Crippen LogP contribution < -0.4 is 4.90 Å². The van der Waals surface area contributed by atoms with Crippen LogP contribution in [0.25, 0.3) is 15.3 Å². The molecule has 0 aliphatic carbocycles. The molecule has 0 spiro atoms. The first-order valence-corrected chi connectivity index (χ1v) is 9.28. The van der Waals surface area contributed by atoms with Gasteiger partial charge in [-0.25, -0.2) is 9.67 Å². The van der Waals surface area contributed by atoms with E-state index < -0.39 is 0 Å². The standard InChI is InChI=1S/C18H21N5OS/c1-12-11-13(2)23(20-12)18-19-17-15(5-4-6-16(17)25-18)22-9-7-21(8-10-22)14(3)24/h4-6,11H,7-10H2,1-3H3. The summed E-state index contributed by atoms with van der Waals surface area (Å²) in [6.45, 7) is 8.89. The highest BCUT2D eigenvalue weighted by molar-refractivity contribution is 7.20. The van der Waals surface area contributed by atoms with Gasteiger partial charge in [0.1, 0.15) is 5.52 Å². The molecule has 130 valence electrons. The Bertz CT molecular complexity index is 936. The fourth-order valence-corrected chi connectivity index (χ4v) is 4.35. The van der Waals surface area contributed by atoms with Crippen molar-refractivity contribution in [3.63, 3.8) is 0 Å². The second-order valence-electron chi connectivity index (χ2n) is 6.45. The smallest absolute Gasteiger partial charge is 0.219 e. The fraction of sp³-hybridized carbons (Fsp3) is 0.389. The van der Waals surface area contributed by atoms with Crippen molar-refractivity contribution >= 4 is 33.1 Å². The van der Waals surface area contributed by atoms with Crippen LogP contribution in [0, 0.1) is 13.8 Å². The maximum absolute atomic E-state index is 11.5. The Balaban J connectivity index is 1.69. The van der Waals surface area contributed by atoms with E-state index in [-0.39, 0.29) is 5.91 Å². The first kappa shape index (κ1) is 16.1. The zero-order valence-corrected chi connectivity index (χ0v) is 15.5. The molecule has 3 aromatic rings. The maximum Gasteiger partial charge on any atom is 0.219 e. The molecule has 0 atom stereocenters. The van der Waals surface area contributed by atoms with Crippen molar-refractivity contribution in [2.75, 3.05) is 31.1 Å². The number of hydrogen-bond acceptors (Lipinski definition) is 5. The van der Waals surface area contributed by atoms with Gasteiger partial charge in [-0.15, -0.1) is 0 Å². The lowest BCUT2D eigenvalue weighted by Crippen LogP contribution is -2.48. The minimum atomic E-state index is 0.151. The van der Waals surface area contributed by atoms with Crippen LogP contribution in [0.4, 0.5) is 5.69 Å². The van der Waals surface area contributed by atoms with E-state index in [9.17, 15) is 4.79 Å². The molecule has 1 saturated heterocycles. The molecule has 1 fully saturated rings. The summed E-state index contributed by atoms with van der Waals surface area (Å²) in [4.78, 5) is 20.6. The number of hydrogen-bond donors (Lipinski definition) is 0. The predicted octanol–water partition coefficient (Wildman–Crippen LogP) is 2.77. The minimum Gasteiger partial charge on any atom is -0.366 e. The lowest BCUT2D eigenvalue weighted by molar-refractivity contribution is -0.129. The molecule has 6 nitrogen and oxygen atoms in total. The fourth-order valence-electron chi connectivity index (χ4n) is 3.35. The van der Waals surface area contributed by atoms with E-state index in [1.807, 2.05) is 23.4 Å². The first-order valence-electron chi connectivity index (χ1n) is 8.46. The summed E-state index contributed by atoms with van der Waals surface area (Å²) in [6, 6.07) is 8.38. The molecule has 7 heteroatoms. The molecule has 0 unspecified atom stereocenters. The van der Waals surface area contributed by atoms with Crippen LogP contribution in [0.1, 0.15) is 18.3 Å². The van der Waals surface area contributed by atoms with E-state index in [2.05, 4.69) is 34.3 Å². The number of aromatic nitrogens is 3. The van der Waals surface area contributed by atoms with Gasteiger partial charge in [0.05, 0.1) is 16.1 Å². The van der Waals surface area contributed by atoms with Crippen molar-refractivity contribution < 1.29 is 4.79 Å². The Morgan fingerprint density at radius 1 is 1.16 bits per heavy atom. The summed E-state index contributed by atoms with van der Waals surface area (Å²) in [7, 11) is 0. The number of carbonyl (C=O) groups excluding carboxylic acids is 1. The second-order valence-corrected chi connectivity index (χ2v) is 7.46. The third kappa shape index (κ3) is 2.89. The number of para-hydroxylation sites is 1. The number of nitrogens with zero attached hydrogens (tertiary/aromatic N) is 5. The Morgan fingerprint density at radius 3 is 2.56 bits per heavy atom. The summed E-state index contributed by atoms with van der Waals surface area (Å²) < 4.78 is 3.08. The zero-order chi connectivity index (χ0) is 17.6. The normalized spacial score (nSPS) is 15.2.